The van der Waals surface area contributed by atoms with E-state index in [2.05, 4.69) is 5.43 Å². The Morgan fingerprint density at radius 3 is 2.94 bits per heavy atom. The number of hydrogen-bond acceptors (Lipinski definition) is 3. The molecular weight excluding hydrogens is 219 g/mol. The second kappa shape index (κ2) is 6.10. The third-order valence-corrected chi connectivity index (χ3v) is 3.23. The van der Waals surface area contributed by atoms with E-state index >= 15 is 0 Å². The first kappa shape index (κ1) is 12.5. The largest absolute Gasteiger partial charge is 0.378 e. The SMILES string of the molecule is NNC(Cc1ccccc1F)CC1CCCO1. The van der Waals surface area contributed by atoms with Crippen LogP contribution in [0.5, 0.6) is 0 Å². The molecule has 0 radical (unpaired) electrons. The first-order valence-corrected chi connectivity index (χ1v) is 6.10. The van der Waals surface area contributed by atoms with Crippen molar-refractivity contribution < 1.29 is 9.13 Å². The Kier molecular flexibility index (Phi) is 4.48. The number of benzene rings is 1. The quantitative estimate of drug-likeness (QED) is 0.607. The number of nitrogens with one attached hydrogen (secondary N) is 1. The maximum Gasteiger partial charge on any atom is 0.126 e. The van der Waals surface area contributed by atoms with E-state index in [0.717, 1.165) is 25.9 Å². The van der Waals surface area contributed by atoms with Gasteiger partial charge in [-0.1, -0.05) is 18.2 Å². The Morgan fingerprint density at radius 2 is 2.29 bits per heavy atom. The minimum atomic E-state index is -0.167. The number of halogens is 1. The van der Waals surface area contributed by atoms with Crippen LogP contribution in [0.2, 0.25) is 0 Å². The molecular formula is C13H19FN2O. The lowest BCUT2D eigenvalue weighted by atomic mass is 9.99. The zero-order valence-electron chi connectivity index (χ0n) is 9.86. The Balaban J connectivity index is 1.92. The highest BCUT2D eigenvalue weighted by Crippen LogP contribution is 2.19. The molecule has 1 heterocycles. The number of hydrogen-bond donors (Lipinski definition) is 2. The van der Waals surface area contributed by atoms with Crippen LogP contribution in [0.4, 0.5) is 4.39 Å². The molecule has 4 heteroatoms. The van der Waals surface area contributed by atoms with Crippen molar-refractivity contribution in [1.82, 2.24) is 5.43 Å². The number of ether oxygens (including phenoxy) is 1. The van der Waals surface area contributed by atoms with Crippen LogP contribution in [-0.2, 0) is 11.2 Å². The lowest BCUT2D eigenvalue weighted by Gasteiger charge is -2.19. The smallest absolute Gasteiger partial charge is 0.126 e. The highest BCUT2D eigenvalue weighted by molar-refractivity contribution is 5.18. The van der Waals surface area contributed by atoms with E-state index in [4.69, 9.17) is 10.6 Å². The zero-order chi connectivity index (χ0) is 12.1. The number of nitrogens with two attached hydrogens (primary N) is 1. The van der Waals surface area contributed by atoms with Crippen molar-refractivity contribution in [3.8, 4) is 0 Å². The van der Waals surface area contributed by atoms with Crippen molar-refractivity contribution in [3.05, 3.63) is 35.6 Å². The second-order valence-corrected chi connectivity index (χ2v) is 4.53. The molecule has 2 atom stereocenters. The molecule has 0 saturated carbocycles. The van der Waals surface area contributed by atoms with Crippen molar-refractivity contribution in [2.24, 2.45) is 5.84 Å². The van der Waals surface area contributed by atoms with Gasteiger partial charge in [0.15, 0.2) is 0 Å². The standard InChI is InChI=1S/C13H19FN2O/c14-13-6-2-1-4-10(13)8-11(16-15)9-12-5-3-7-17-12/h1-2,4,6,11-12,16H,3,5,7-9,15H2. The zero-order valence-corrected chi connectivity index (χ0v) is 9.86. The van der Waals surface area contributed by atoms with Gasteiger partial charge in [-0.05, 0) is 37.3 Å². The van der Waals surface area contributed by atoms with Crippen molar-refractivity contribution in [3.63, 3.8) is 0 Å². The van der Waals surface area contributed by atoms with E-state index in [1.807, 2.05) is 6.07 Å². The summed E-state index contributed by atoms with van der Waals surface area (Å²) in [6, 6.07) is 6.89. The van der Waals surface area contributed by atoms with E-state index < -0.39 is 0 Å². The molecule has 17 heavy (non-hydrogen) atoms. The molecule has 2 rings (SSSR count). The van der Waals surface area contributed by atoms with Crippen LogP contribution in [0.1, 0.15) is 24.8 Å². The lowest BCUT2D eigenvalue weighted by Crippen LogP contribution is -2.39. The third kappa shape index (κ3) is 3.49. The average molecular weight is 238 g/mol. The summed E-state index contributed by atoms with van der Waals surface area (Å²) in [5.41, 5.74) is 3.46. The van der Waals surface area contributed by atoms with E-state index in [1.165, 1.54) is 6.07 Å². The molecule has 2 unspecified atom stereocenters. The highest BCUT2D eigenvalue weighted by atomic mass is 19.1. The van der Waals surface area contributed by atoms with Gasteiger partial charge in [-0.15, -0.1) is 0 Å². The van der Waals surface area contributed by atoms with Crippen LogP contribution in [0.3, 0.4) is 0 Å². The summed E-state index contributed by atoms with van der Waals surface area (Å²) in [7, 11) is 0. The molecule has 1 saturated heterocycles. The lowest BCUT2D eigenvalue weighted by molar-refractivity contribution is 0.0945. The Hall–Kier alpha value is -0.970. The predicted molar refractivity (Wildman–Crippen MR) is 64.8 cm³/mol. The molecule has 0 aliphatic carbocycles. The fraction of sp³-hybridized carbons (Fsp3) is 0.538. The monoisotopic (exact) mass is 238 g/mol. The van der Waals surface area contributed by atoms with Gasteiger partial charge in [0.05, 0.1) is 6.10 Å². The van der Waals surface area contributed by atoms with Gasteiger partial charge in [-0.2, -0.15) is 0 Å². The Bertz CT molecular complexity index is 353. The highest BCUT2D eigenvalue weighted by Gasteiger charge is 2.21. The molecule has 1 fully saturated rings. The first-order chi connectivity index (χ1) is 8.29. The first-order valence-electron chi connectivity index (χ1n) is 6.10. The van der Waals surface area contributed by atoms with Crippen molar-refractivity contribution in [2.75, 3.05) is 6.61 Å². The second-order valence-electron chi connectivity index (χ2n) is 4.53. The molecule has 1 aliphatic heterocycles. The summed E-state index contributed by atoms with van der Waals surface area (Å²) in [4.78, 5) is 0. The van der Waals surface area contributed by atoms with Crippen molar-refractivity contribution in [1.29, 1.82) is 0 Å². The molecule has 0 spiro atoms. The van der Waals surface area contributed by atoms with Gasteiger partial charge < -0.3 is 4.74 Å². The minimum absolute atomic E-state index is 0.0648. The summed E-state index contributed by atoms with van der Waals surface area (Å²) < 4.78 is 19.1. The molecule has 1 aromatic rings. The van der Waals surface area contributed by atoms with Crippen LogP contribution in [-0.4, -0.2) is 18.8 Å². The number of rotatable bonds is 5. The van der Waals surface area contributed by atoms with E-state index in [1.54, 1.807) is 12.1 Å². The third-order valence-electron chi connectivity index (χ3n) is 3.23. The fourth-order valence-corrected chi connectivity index (χ4v) is 2.29. The molecule has 0 aromatic heterocycles. The molecule has 94 valence electrons. The number of hydrazine groups is 1. The fourth-order valence-electron chi connectivity index (χ4n) is 2.29. The van der Waals surface area contributed by atoms with Gasteiger partial charge >= 0.3 is 0 Å². The van der Waals surface area contributed by atoms with Gasteiger partial charge in [0.25, 0.3) is 0 Å². The van der Waals surface area contributed by atoms with Gasteiger partial charge in [0, 0.05) is 12.6 Å². The van der Waals surface area contributed by atoms with Crippen molar-refractivity contribution in [2.45, 2.75) is 37.8 Å². The van der Waals surface area contributed by atoms with Crippen LogP contribution >= 0.6 is 0 Å². The molecule has 1 aliphatic rings. The van der Waals surface area contributed by atoms with E-state index in [9.17, 15) is 4.39 Å². The molecule has 0 amide bonds. The van der Waals surface area contributed by atoms with Crippen LogP contribution < -0.4 is 11.3 Å². The van der Waals surface area contributed by atoms with Gasteiger partial charge in [-0.25, -0.2) is 4.39 Å². The summed E-state index contributed by atoms with van der Waals surface area (Å²) in [6.07, 6.45) is 3.90. The maximum atomic E-state index is 13.5. The molecule has 0 bridgehead atoms. The topological polar surface area (TPSA) is 47.3 Å². The normalized spacial score (nSPS) is 21.6. The van der Waals surface area contributed by atoms with Crippen molar-refractivity contribution >= 4 is 0 Å². The molecule has 1 aromatic carbocycles. The molecule has 3 nitrogen and oxygen atoms in total. The van der Waals surface area contributed by atoms with E-state index in [-0.39, 0.29) is 18.0 Å². The Labute approximate surface area is 101 Å². The van der Waals surface area contributed by atoms with Crippen LogP contribution in [0.25, 0.3) is 0 Å². The van der Waals surface area contributed by atoms with Gasteiger partial charge in [0.2, 0.25) is 0 Å². The minimum Gasteiger partial charge on any atom is -0.378 e. The molecule has 3 N–H and O–H groups in total. The predicted octanol–water partition coefficient (Wildman–Crippen LogP) is 1.77. The maximum absolute atomic E-state index is 13.5. The van der Waals surface area contributed by atoms with Gasteiger partial charge in [0.1, 0.15) is 5.82 Å². The van der Waals surface area contributed by atoms with Crippen LogP contribution in [0, 0.1) is 5.82 Å². The average Bonchev–Trinajstić information content (AvgIpc) is 2.84. The summed E-state index contributed by atoms with van der Waals surface area (Å²) in [6.45, 7) is 0.835. The summed E-state index contributed by atoms with van der Waals surface area (Å²) in [5, 5.41) is 0. The Morgan fingerprint density at radius 1 is 1.47 bits per heavy atom. The summed E-state index contributed by atoms with van der Waals surface area (Å²) >= 11 is 0. The summed E-state index contributed by atoms with van der Waals surface area (Å²) in [5.74, 6) is 5.35. The van der Waals surface area contributed by atoms with E-state index in [0.29, 0.717) is 12.0 Å². The van der Waals surface area contributed by atoms with Crippen LogP contribution in [0.15, 0.2) is 24.3 Å². The van der Waals surface area contributed by atoms with Gasteiger partial charge in [-0.3, -0.25) is 11.3 Å².